The number of rotatable bonds is 8. The molecule has 0 aliphatic rings. The molecule has 0 atom stereocenters. The first-order chi connectivity index (χ1) is 15.5. The lowest BCUT2D eigenvalue weighted by Gasteiger charge is -2.12. The quantitative estimate of drug-likeness (QED) is 0.329. The van der Waals surface area contributed by atoms with E-state index in [-0.39, 0.29) is 18.4 Å². The van der Waals surface area contributed by atoms with Gasteiger partial charge in [-0.05, 0) is 54.6 Å². The van der Waals surface area contributed by atoms with Gasteiger partial charge in [0.2, 0.25) is 0 Å². The first-order valence-electron chi connectivity index (χ1n) is 9.40. The number of amides is 2. The van der Waals surface area contributed by atoms with E-state index >= 15 is 0 Å². The van der Waals surface area contributed by atoms with Gasteiger partial charge in [-0.2, -0.15) is 5.10 Å². The summed E-state index contributed by atoms with van der Waals surface area (Å²) in [5.41, 5.74) is 3.99. The number of ether oxygens (including phenoxy) is 2. The lowest BCUT2D eigenvalue weighted by Crippen LogP contribution is -2.21. The average molecular weight is 517 g/mol. The van der Waals surface area contributed by atoms with Crippen LogP contribution in [0.4, 0.5) is 5.69 Å². The predicted molar refractivity (Wildman–Crippen MR) is 128 cm³/mol. The maximum atomic E-state index is 12.3. The van der Waals surface area contributed by atoms with Crippen molar-refractivity contribution in [2.45, 2.75) is 0 Å². The van der Waals surface area contributed by atoms with E-state index in [9.17, 15) is 9.59 Å². The van der Waals surface area contributed by atoms with Gasteiger partial charge in [-0.1, -0.05) is 39.7 Å². The molecule has 0 unspecified atom stereocenters. The molecular weight excluding hydrogens is 498 g/mol. The van der Waals surface area contributed by atoms with Gasteiger partial charge in [0, 0.05) is 20.6 Å². The molecule has 0 bridgehead atoms. The van der Waals surface area contributed by atoms with Crippen LogP contribution in [0, 0.1) is 0 Å². The minimum Gasteiger partial charge on any atom is -0.495 e. The predicted octanol–water partition coefficient (Wildman–Crippen LogP) is 4.89. The van der Waals surface area contributed by atoms with Crippen molar-refractivity contribution in [1.29, 1.82) is 0 Å². The molecule has 0 fully saturated rings. The summed E-state index contributed by atoms with van der Waals surface area (Å²) in [6.45, 7) is -0.225. The molecule has 0 saturated heterocycles. The summed E-state index contributed by atoms with van der Waals surface area (Å²) in [4.78, 5) is 24.5. The Balaban J connectivity index is 1.63. The van der Waals surface area contributed by atoms with Crippen molar-refractivity contribution in [2.75, 3.05) is 19.0 Å². The number of anilines is 1. The van der Waals surface area contributed by atoms with Gasteiger partial charge in [-0.25, -0.2) is 5.43 Å². The highest BCUT2D eigenvalue weighted by Crippen LogP contribution is 2.24. The zero-order chi connectivity index (χ0) is 22.9. The number of nitrogens with zero attached hydrogens (tertiary/aromatic N) is 1. The first-order valence-corrected chi connectivity index (χ1v) is 10.6. The highest BCUT2D eigenvalue weighted by atomic mass is 79.9. The van der Waals surface area contributed by atoms with Gasteiger partial charge in [0.25, 0.3) is 11.8 Å². The normalized spacial score (nSPS) is 10.6. The molecular formula is C23H19BrClN3O4. The van der Waals surface area contributed by atoms with Crippen LogP contribution in [0.5, 0.6) is 11.5 Å². The third-order valence-electron chi connectivity index (χ3n) is 4.19. The summed E-state index contributed by atoms with van der Waals surface area (Å²) in [7, 11) is 1.53. The Labute approximate surface area is 198 Å². The number of benzene rings is 3. The van der Waals surface area contributed by atoms with Gasteiger partial charge in [-0.3, -0.25) is 9.59 Å². The molecule has 9 heteroatoms. The average Bonchev–Trinajstić information content (AvgIpc) is 2.79. The van der Waals surface area contributed by atoms with Crippen molar-refractivity contribution in [3.8, 4) is 11.5 Å². The summed E-state index contributed by atoms with van der Waals surface area (Å²) >= 11 is 9.22. The van der Waals surface area contributed by atoms with Crippen LogP contribution in [0.3, 0.4) is 0 Å². The van der Waals surface area contributed by atoms with E-state index in [1.807, 2.05) is 6.07 Å². The number of hydrogen-bond donors (Lipinski definition) is 2. The SMILES string of the molecule is COc1ccccc1NC(=O)COc1ccc(Br)cc1/C=N/NC(=O)c1ccc(Cl)cc1. The molecule has 0 aromatic heterocycles. The van der Waals surface area contributed by atoms with E-state index in [1.54, 1.807) is 60.7 Å². The zero-order valence-corrected chi connectivity index (χ0v) is 19.3. The molecule has 164 valence electrons. The Morgan fingerprint density at radius 2 is 1.81 bits per heavy atom. The Morgan fingerprint density at radius 3 is 2.56 bits per heavy atom. The van der Waals surface area contributed by atoms with Crippen molar-refractivity contribution in [3.63, 3.8) is 0 Å². The lowest BCUT2D eigenvalue weighted by atomic mass is 10.2. The van der Waals surface area contributed by atoms with Crippen LogP contribution in [0.25, 0.3) is 0 Å². The maximum Gasteiger partial charge on any atom is 0.271 e. The number of methoxy groups -OCH3 is 1. The van der Waals surface area contributed by atoms with Crippen LogP contribution in [0.1, 0.15) is 15.9 Å². The standard InChI is InChI=1S/C23H19BrClN3O4/c1-31-21-5-3-2-4-19(21)27-22(29)14-32-20-11-8-17(24)12-16(20)13-26-28-23(30)15-6-9-18(25)10-7-15/h2-13H,14H2,1H3,(H,27,29)(H,28,30)/b26-13+. The van der Waals surface area contributed by atoms with E-state index < -0.39 is 0 Å². The molecule has 3 aromatic carbocycles. The highest BCUT2D eigenvalue weighted by Gasteiger charge is 2.10. The van der Waals surface area contributed by atoms with Gasteiger partial charge >= 0.3 is 0 Å². The smallest absolute Gasteiger partial charge is 0.271 e. The van der Waals surface area contributed by atoms with Gasteiger partial charge in [-0.15, -0.1) is 0 Å². The molecule has 0 aliphatic carbocycles. The van der Waals surface area contributed by atoms with E-state index in [4.69, 9.17) is 21.1 Å². The molecule has 0 spiro atoms. The molecule has 32 heavy (non-hydrogen) atoms. The third-order valence-corrected chi connectivity index (χ3v) is 4.93. The summed E-state index contributed by atoms with van der Waals surface area (Å²) in [5.74, 6) is 0.240. The van der Waals surface area contributed by atoms with E-state index in [0.717, 1.165) is 4.47 Å². The topological polar surface area (TPSA) is 89.0 Å². The second kappa shape index (κ2) is 11.3. The fourth-order valence-electron chi connectivity index (χ4n) is 2.66. The van der Waals surface area contributed by atoms with Crippen LogP contribution in [-0.4, -0.2) is 31.7 Å². The molecule has 0 aliphatic heterocycles. The molecule has 3 aromatic rings. The van der Waals surface area contributed by atoms with Gasteiger partial charge in [0.15, 0.2) is 6.61 Å². The molecule has 7 nitrogen and oxygen atoms in total. The summed E-state index contributed by atoms with van der Waals surface area (Å²) in [6, 6.07) is 18.8. The third kappa shape index (κ3) is 6.57. The van der Waals surface area contributed by atoms with Crippen molar-refractivity contribution in [2.24, 2.45) is 5.10 Å². The number of hydrogen-bond acceptors (Lipinski definition) is 5. The molecule has 0 saturated carbocycles. The Morgan fingerprint density at radius 1 is 1.06 bits per heavy atom. The molecule has 0 heterocycles. The molecule has 2 amide bonds. The fraction of sp³-hybridized carbons (Fsp3) is 0.0870. The van der Waals surface area contributed by atoms with Crippen molar-refractivity contribution >= 4 is 51.2 Å². The summed E-state index contributed by atoms with van der Waals surface area (Å²) in [5, 5.41) is 7.27. The van der Waals surface area contributed by atoms with Crippen LogP contribution < -0.4 is 20.2 Å². The van der Waals surface area contributed by atoms with Crippen molar-refractivity contribution in [1.82, 2.24) is 5.43 Å². The van der Waals surface area contributed by atoms with E-state index in [0.29, 0.717) is 33.3 Å². The number of para-hydroxylation sites is 2. The number of carbonyl (C=O) groups excluding carboxylic acids is 2. The van der Waals surface area contributed by atoms with Crippen LogP contribution in [0.15, 0.2) is 76.3 Å². The highest BCUT2D eigenvalue weighted by molar-refractivity contribution is 9.10. The van der Waals surface area contributed by atoms with E-state index in [2.05, 4.69) is 31.8 Å². The molecule has 0 radical (unpaired) electrons. The molecule has 2 N–H and O–H groups in total. The number of nitrogens with one attached hydrogen (secondary N) is 2. The maximum absolute atomic E-state index is 12.3. The Hall–Kier alpha value is -3.36. The lowest BCUT2D eigenvalue weighted by molar-refractivity contribution is -0.118. The van der Waals surface area contributed by atoms with Crippen LogP contribution in [0.2, 0.25) is 5.02 Å². The Kier molecular flexibility index (Phi) is 8.24. The van der Waals surface area contributed by atoms with Crippen molar-refractivity contribution in [3.05, 3.63) is 87.4 Å². The Bertz CT molecular complexity index is 1140. The van der Waals surface area contributed by atoms with Gasteiger partial charge in [0.1, 0.15) is 11.5 Å². The zero-order valence-electron chi connectivity index (χ0n) is 17.0. The first kappa shape index (κ1) is 23.3. The largest absolute Gasteiger partial charge is 0.495 e. The second-order valence-corrected chi connectivity index (χ2v) is 7.78. The monoisotopic (exact) mass is 515 g/mol. The van der Waals surface area contributed by atoms with E-state index in [1.165, 1.54) is 13.3 Å². The number of halogens is 2. The fourth-order valence-corrected chi connectivity index (χ4v) is 3.16. The number of hydrazone groups is 1. The van der Waals surface area contributed by atoms with Crippen LogP contribution in [-0.2, 0) is 4.79 Å². The minimum atomic E-state index is -0.383. The number of carbonyl (C=O) groups is 2. The van der Waals surface area contributed by atoms with Gasteiger partial charge in [0.05, 0.1) is 19.0 Å². The van der Waals surface area contributed by atoms with Crippen molar-refractivity contribution < 1.29 is 19.1 Å². The summed E-state index contributed by atoms with van der Waals surface area (Å²) < 4.78 is 11.7. The van der Waals surface area contributed by atoms with Crippen LogP contribution >= 0.6 is 27.5 Å². The minimum absolute atomic E-state index is 0.225. The van der Waals surface area contributed by atoms with Gasteiger partial charge < -0.3 is 14.8 Å². The molecule has 3 rings (SSSR count). The summed E-state index contributed by atoms with van der Waals surface area (Å²) in [6.07, 6.45) is 1.44. The second-order valence-electron chi connectivity index (χ2n) is 6.43.